The number of aromatic amines is 1. The average molecular weight is 208 g/mol. The largest absolute Gasteiger partial charge is 1.00 e. The predicted molar refractivity (Wildman–Crippen MR) is 50.1 cm³/mol. The molecule has 0 aliphatic heterocycles. The number of aromatic hydroxyl groups is 1. The second-order valence-electron chi connectivity index (χ2n) is 2.80. The van der Waals surface area contributed by atoms with Crippen molar-refractivity contribution in [1.82, 2.24) is 0 Å². The number of halogens is 1. The molecule has 0 amide bonds. The zero-order chi connectivity index (χ0) is 9.10. The highest BCUT2D eigenvalue weighted by atomic mass is 35.5. The molecule has 2 aromatic rings. The van der Waals surface area contributed by atoms with Gasteiger partial charge in [0.1, 0.15) is 0 Å². The Kier molecular flexibility index (Phi) is 3.48. The third-order valence-corrected chi connectivity index (χ3v) is 1.90. The van der Waals surface area contributed by atoms with Crippen molar-refractivity contribution in [3.63, 3.8) is 0 Å². The van der Waals surface area contributed by atoms with Gasteiger partial charge in [-0.15, -0.1) is 0 Å². The Morgan fingerprint density at radius 2 is 1.64 bits per heavy atom. The number of pyridine rings is 1. The smallest absolute Gasteiger partial charge is 0.252 e. The molecular formula is C11H10ClNO. The van der Waals surface area contributed by atoms with Crippen LogP contribution < -0.4 is 17.4 Å². The van der Waals surface area contributed by atoms with E-state index in [1.54, 1.807) is 18.3 Å². The predicted octanol–water partition coefficient (Wildman–Crippen LogP) is -1.12. The Morgan fingerprint density at radius 3 is 2.29 bits per heavy atom. The molecule has 1 aromatic carbocycles. The molecule has 0 aliphatic rings. The summed E-state index contributed by atoms with van der Waals surface area (Å²) in [5, 5.41) is 9.53. The van der Waals surface area contributed by atoms with Crippen LogP contribution in [0.4, 0.5) is 0 Å². The number of benzene rings is 1. The summed E-state index contributed by atoms with van der Waals surface area (Å²) in [5.41, 5.74) is 1.74. The monoisotopic (exact) mass is 207 g/mol. The standard InChI is InChI=1S/C11H9NO.ClH/c13-10-7-4-8-12-11(10)9-5-2-1-3-6-9;/h1-8,13H;1H. The van der Waals surface area contributed by atoms with Gasteiger partial charge in [-0.2, -0.15) is 0 Å². The van der Waals surface area contributed by atoms with E-state index in [2.05, 4.69) is 4.98 Å². The highest BCUT2D eigenvalue weighted by Gasteiger charge is 2.08. The van der Waals surface area contributed by atoms with E-state index in [1.807, 2.05) is 30.3 Å². The van der Waals surface area contributed by atoms with E-state index < -0.39 is 0 Å². The fourth-order valence-electron chi connectivity index (χ4n) is 1.26. The molecule has 0 fully saturated rings. The topological polar surface area (TPSA) is 34.4 Å². The van der Waals surface area contributed by atoms with Crippen LogP contribution >= 0.6 is 0 Å². The molecule has 14 heavy (non-hydrogen) atoms. The molecule has 3 heteroatoms. The summed E-state index contributed by atoms with van der Waals surface area (Å²) in [4.78, 5) is 3.00. The number of nitrogens with one attached hydrogen (secondary N) is 1. The van der Waals surface area contributed by atoms with Gasteiger partial charge in [0.05, 0.1) is 5.56 Å². The van der Waals surface area contributed by atoms with Crippen molar-refractivity contribution in [1.29, 1.82) is 0 Å². The van der Waals surface area contributed by atoms with E-state index in [1.165, 1.54) is 0 Å². The Morgan fingerprint density at radius 1 is 0.929 bits per heavy atom. The van der Waals surface area contributed by atoms with Crippen LogP contribution in [0.3, 0.4) is 0 Å². The van der Waals surface area contributed by atoms with Gasteiger partial charge in [-0.1, -0.05) is 18.2 Å². The minimum atomic E-state index is 0. The molecular weight excluding hydrogens is 198 g/mol. The molecule has 0 aliphatic carbocycles. The highest BCUT2D eigenvalue weighted by molar-refractivity contribution is 5.61. The van der Waals surface area contributed by atoms with Gasteiger partial charge < -0.3 is 17.5 Å². The van der Waals surface area contributed by atoms with Gasteiger partial charge in [0, 0.05) is 6.07 Å². The number of aromatic nitrogens is 1. The molecule has 0 spiro atoms. The zero-order valence-electron chi connectivity index (χ0n) is 7.44. The van der Waals surface area contributed by atoms with Crippen molar-refractivity contribution in [2.45, 2.75) is 0 Å². The van der Waals surface area contributed by atoms with Crippen molar-refractivity contribution >= 4 is 0 Å². The van der Waals surface area contributed by atoms with Gasteiger partial charge in [0.15, 0.2) is 11.9 Å². The molecule has 0 atom stereocenters. The van der Waals surface area contributed by atoms with E-state index in [0.717, 1.165) is 11.3 Å². The molecule has 2 rings (SSSR count). The number of H-pyrrole nitrogens is 1. The van der Waals surface area contributed by atoms with Crippen LogP contribution in [0.15, 0.2) is 48.7 Å². The van der Waals surface area contributed by atoms with Crippen molar-refractivity contribution in [3.05, 3.63) is 48.7 Å². The van der Waals surface area contributed by atoms with E-state index in [-0.39, 0.29) is 18.2 Å². The first kappa shape index (κ1) is 10.5. The molecule has 1 aromatic heterocycles. The van der Waals surface area contributed by atoms with E-state index in [0.29, 0.717) is 0 Å². The summed E-state index contributed by atoms with van der Waals surface area (Å²) in [6.45, 7) is 0. The molecule has 2 N–H and O–H groups in total. The Balaban J connectivity index is 0.000000980. The van der Waals surface area contributed by atoms with Gasteiger partial charge >= 0.3 is 0 Å². The summed E-state index contributed by atoms with van der Waals surface area (Å²) in [6.07, 6.45) is 1.79. The summed E-state index contributed by atoms with van der Waals surface area (Å²) in [6, 6.07) is 13.2. The Hall–Kier alpha value is -1.54. The van der Waals surface area contributed by atoms with Crippen LogP contribution in [0.1, 0.15) is 0 Å². The highest BCUT2D eigenvalue weighted by Crippen LogP contribution is 2.22. The van der Waals surface area contributed by atoms with Gasteiger partial charge in [0.2, 0.25) is 0 Å². The lowest BCUT2D eigenvalue weighted by atomic mass is 10.1. The molecule has 0 unspecified atom stereocenters. The first-order chi connectivity index (χ1) is 6.38. The van der Waals surface area contributed by atoms with Crippen LogP contribution in [0, 0.1) is 0 Å². The Labute approximate surface area is 88.7 Å². The number of rotatable bonds is 1. The van der Waals surface area contributed by atoms with Crippen molar-refractivity contribution in [2.24, 2.45) is 0 Å². The second kappa shape index (κ2) is 4.63. The Bertz CT molecular complexity index is 403. The molecule has 0 bridgehead atoms. The summed E-state index contributed by atoms with van der Waals surface area (Å²) >= 11 is 0. The molecule has 1 heterocycles. The normalized spacial score (nSPS) is 9.14. The van der Waals surface area contributed by atoms with E-state index in [9.17, 15) is 5.11 Å². The van der Waals surface area contributed by atoms with Gasteiger partial charge in [0.25, 0.3) is 5.69 Å². The maximum Gasteiger partial charge on any atom is 0.252 e. The van der Waals surface area contributed by atoms with E-state index >= 15 is 0 Å². The van der Waals surface area contributed by atoms with Crippen molar-refractivity contribution in [2.75, 3.05) is 0 Å². The molecule has 72 valence electrons. The SMILES string of the molecule is Oc1ccc[nH+]c1-c1ccccc1.[Cl-]. The fourth-order valence-corrected chi connectivity index (χ4v) is 1.26. The van der Waals surface area contributed by atoms with Crippen LogP contribution in [0.2, 0.25) is 0 Å². The minimum Gasteiger partial charge on any atom is -1.00 e. The summed E-state index contributed by atoms with van der Waals surface area (Å²) in [5.74, 6) is 0.272. The van der Waals surface area contributed by atoms with Crippen LogP contribution in [-0.2, 0) is 0 Å². The van der Waals surface area contributed by atoms with E-state index in [4.69, 9.17) is 0 Å². The minimum absolute atomic E-state index is 0. The zero-order valence-corrected chi connectivity index (χ0v) is 8.20. The molecule has 0 radical (unpaired) electrons. The quantitative estimate of drug-likeness (QED) is 0.632. The lowest BCUT2D eigenvalue weighted by Gasteiger charge is -1.95. The maximum atomic E-state index is 9.53. The van der Waals surface area contributed by atoms with Gasteiger partial charge in [-0.3, -0.25) is 0 Å². The van der Waals surface area contributed by atoms with Crippen LogP contribution in [0.25, 0.3) is 11.3 Å². The second-order valence-corrected chi connectivity index (χ2v) is 2.80. The molecule has 0 saturated heterocycles. The molecule has 2 nitrogen and oxygen atoms in total. The molecule has 0 saturated carbocycles. The number of hydrogen-bond donors (Lipinski definition) is 1. The first-order valence-electron chi connectivity index (χ1n) is 4.13. The summed E-state index contributed by atoms with van der Waals surface area (Å²) < 4.78 is 0. The van der Waals surface area contributed by atoms with Gasteiger partial charge in [-0.25, -0.2) is 4.98 Å². The average Bonchev–Trinajstić information content (AvgIpc) is 2.20. The third-order valence-electron chi connectivity index (χ3n) is 1.90. The maximum absolute atomic E-state index is 9.53. The van der Waals surface area contributed by atoms with Crippen molar-refractivity contribution < 1.29 is 22.5 Å². The van der Waals surface area contributed by atoms with Crippen LogP contribution in [-0.4, -0.2) is 5.11 Å². The number of hydrogen-bond acceptors (Lipinski definition) is 1. The lowest BCUT2D eigenvalue weighted by molar-refractivity contribution is -0.365. The van der Waals surface area contributed by atoms with Gasteiger partial charge in [-0.05, 0) is 18.2 Å². The van der Waals surface area contributed by atoms with Crippen molar-refractivity contribution in [3.8, 4) is 17.0 Å². The lowest BCUT2D eigenvalue weighted by Crippen LogP contribution is -3.00. The fraction of sp³-hybridized carbons (Fsp3) is 0. The summed E-state index contributed by atoms with van der Waals surface area (Å²) in [7, 11) is 0. The first-order valence-corrected chi connectivity index (χ1v) is 4.13. The third kappa shape index (κ3) is 2.03. The van der Waals surface area contributed by atoms with Crippen LogP contribution in [0.5, 0.6) is 5.75 Å².